The largest absolute Gasteiger partial charge is 0.312 e. The fourth-order valence-electron chi connectivity index (χ4n) is 1.98. The van der Waals surface area contributed by atoms with Crippen molar-refractivity contribution in [3.8, 4) is 0 Å². The van der Waals surface area contributed by atoms with Crippen molar-refractivity contribution in [3.05, 3.63) is 16.5 Å². The molecule has 1 heterocycles. The molecular formula is C13H22N2O2S2. The summed E-state index contributed by atoms with van der Waals surface area (Å²) in [5.74, 6) is 0. The minimum atomic E-state index is -3.31. The summed E-state index contributed by atoms with van der Waals surface area (Å²) < 4.78 is 27.6. The Balaban J connectivity index is 2.05. The molecule has 0 amide bonds. The van der Waals surface area contributed by atoms with Gasteiger partial charge >= 0.3 is 0 Å². The van der Waals surface area contributed by atoms with Gasteiger partial charge < -0.3 is 5.32 Å². The van der Waals surface area contributed by atoms with Crippen LogP contribution < -0.4 is 10.0 Å². The summed E-state index contributed by atoms with van der Waals surface area (Å²) in [6.07, 6.45) is 4.14. The zero-order valence-electron chi connectivity index (χ0n) is 11.5. The zero-order chi connectivity index (χ0) is 13.9. The summed E-state index contributed by atoms with van der Waals surface area (Å²) >= 11 is 1.38. The van der Waals surface area contributed by atoms with Gasteiger partial charge in [-0.05, 0) is 44.4 Å². The van der Waals surface area contributed by atoms with E-state index in [0.717, 1.165) is 49.2 Å². The van der Waals surface area contributed by atoms with Crippen LogP contribution in [-0.4, -0.2) is 21.0 Å². The van der Waals surface area contributed by atoms with E-state index in [1.807, 2.05) is 6.92 Å². The highest BCUT2D eigenvalue weighted by atomic mass is 32.2. The Kier molecular flexibility index (Phi) is 5.00. The molecule has 0 aromatic carbocycles. The molecule has 19 heavy (non-hydrogen) atoms. The van der Waals surface area contributed by atoms with Crippen molar-refractivity contribution in [1.82, 2.24) is 10.0 Å². The van der Waals surface area contributed by atoms with Crippen LogP contribution in [-0.2, 0) is 16.6 Å². The molecule has 0 spiro atoms. The Labute approximate surface area is 119 Å². The smallest absolute Gasteiger partial charge is 0.250 e. The van der Waals surface area contributed by atoms with Crippen molar-refractivity contribution < 1.29 is 8.42 Å². The van der Waals surface area contributed by atoms with E-state index in [-0.39, 0.29) is 6.04 Å². The molecule has 1 fully saturated rings. The first kappa shape index (κ1) is 15.0. The SMILES string of the molecule is CCCNCc1sc(S(=O)(=O)NC2CCC2)cc1C. The molecule has 0 atom stereocenters. The average Bonchev–Trinajstić information content (AvgIpc) is 2.67. The standard InChI is InChI=1S/C13H22N2O2S2/c1-3-7-14-9-12-10(2)8-13(18-12)19(16,17)15-11-5-4-6-11/h8,11,14-15H,3-7,9H2,1-2H3. The number of rotatable bonds is 7. The second-order valence-corrected chi connectivity index (χ2v) is 8.18. The van der Waals surface area contributed by atoms with Gasteiger partial charge in [-0.1, -0.05) is 13.3 Å². The van der Waals surface area contributed by atoms with E-state index in [1.54, 1.807) is 6.07 Å². The van der Waals surface area contributed by atoms with E-state index in [9.17, 15) is 8.42 Å². The van der Waals surface area contributed by atoms with E-state index >= 15 is 0 Å². The molecule has 6 heteroatoms. The maximum atomic E-state index is 12.2. The van der Waals surface area contributed by atoms with Gasteiger partial charge in [-0.15, -0.1) is 11.3 Å². The molecule has 0 radical (unpaired) electrons. The highest BCUT2D eigenvalue weighted by molar-refractivity contribution is 7.91. The fourth-order valence-corrected chi connectivity index (χ4v) is 4.86. The molecular weight excluding hydrogens is 280 g/mol. The Morgan fingerprint density at radius 3 is 2.74 bits per heavy atom. The molecule has 2 rings (SSSR count). The van der Waals surface area contributed by atoms with Crippen LogP contribution in [0.15, 0.2) is 10.3 Å². The minimum Gasteiger partial charge on any atom is -0.312 e. The van der Waals surface area contributed by atoms with Crippen LogP contribution >= 0.6 is 11.3 Å². The molecule has 1 aliphatic rings. The van der Waals surface area contributed by atoms with Gasteiger partial charge in [0.25, 0.3) is 0 Å². The first-order valence-corrected chi connectivity index (χ1v) is 9.15. The summed E-state index contributed by atoms with van der Waals surface area (Å²) in [5.41, 5.74) is 1.06. The quantitative estimate of drug-likeness (QED) is 0.760. The molecule has 4 nitrogen and oxygen atoms in total. The predicted octanol–water partition coefficient (Wildman–Crippen LogP) is 2.39. The van der Waals surface area contributed by atoms with Gasteiger partial charge in [0.15, 0.2) is 0 Å². The lowest BCUT2D eigenvalue weighted by atomic mass is 9.94. The molecule has 108 valence electrons. The highest BCUT2D eigenvalue weighted by Gasteiger charge is 2.26. The van der Waals surface area contributed by atoms with Gasteiger partial charge in [0.05, 0.1) is 0 Å². The number of nitrogens with one attached hydrogen (secondary N) is 2. The van der Waals surface area contributed by atoms with Crippen molar-refractivity contribution in [2.75, 3.05) is 6.54 Å². The van der Waals surface area contributed by atoms with E-state index in [0.29, 0.717) is 4.21 Å². The van der Waals surface area contributed by atoms with Crippen molar-refractivity contribution in [3.63, 3.8) is 0 Å². The Bertz CT molecular complexity index is 519. The van der Waals surface area contributed by atoms with Crippen molar-refractivity contribution in [2.24, 2.45) is 0 Å². The topological polar surface area (TPSA) is 58.2 Å². The van der Waals surface area contributed by atoms with Gasteiger partial charge in [0, 0.05) is 17.5 Å². The number of aryl methyl sites for hydroxylation is 1. The molecule has 1 aliphatic carbocycles. The van der Waals surface area contributed by atoms with Gasteiger partial charge in [-0.3, -0.25) is 0 Å². The Morgan fingerprint density at radius 2 is 2.16 bits per heavy atom. The molecule has 1 aromatic heterocycles. The second kappa shape index (κ2) is 6.35. The van der Waals surface area contributed by atoms with Crippen molar-refractivity contribution in [1.29, 1.82) is 0 Å². The molecule has 1 aromatic rings. The number of hydrogen-bond donors (Lipinski definition) is 2. The van der Waals surface area contributed by atoms with Gasteiger partial charge in [-0.25, -0.2) is 13.1 Å². The monoisotopic (exact) mass is 302 g/mol. The van der Waals surface area contributed by atoms with Crippen LogP contribution in [0.1, 0.15) is 43.0 Å². The number of thiophene rings is 1. The molecule has 0 saturated heterocycles. The highest BCUT2D eigenvalue weighted by Crippen LogP contribution is 2.28. The van der Waals surface area contributed by atoms with E-state index < -0.39 is 10.0 Å². The van der Waals surface area contributed by atoms with E-state index in [4.69, 9.17) is 0 Å². The Morgan fingerprint density at radius 1 is 1.42 bits per heavy atom. The zero-order valence-corrected chi connectivity index (χ0v) is 13.2. The summed E-state index contributed by atoms with van der Waals surface area (Å²) in [7, 11) is -3.31. The van der Waals surface area contributed by atoms with Crippen LogP contribution in [0.4, 0.5) is 0 Å². The third-order valence-corrected chi connectivity index (χ3v) is 6.63. The van der Waals surface area contributed by atoms with Gasteiger partial charge in [0.1, 0.15) is 4.21 Å². The lowest BCUT2D eigenvalue weighted by molar-refractivity contribution is 0.384. The normalized spacial score (nSPS) is 16.5. The lowest BCUT2D eigenvalue weighted by Gasteiger charge is -2.25. The van der Waals surface area contributed by atoms with Crippen LogP contribution in [0.25, 0.3) is 0 Å². The second-order valence-electron chi connectivity index (χ2n) is 5.10. The van der Waals surface area contributed by atoms with Crippen LogP contribution in [0.5, 0.6) is 0 Å². The third-order valence-electron chi connectivity index (χ3n) is 3.40. The number of hydrogen-bond acceptors (Lipinski definition) is 4. The van der Waals surface area contributed by atoms with Crippen LogP contribution in [0, 0.1) is 6.92 Å². The maximum Gasteiger partial charge on any atom is 0.250 e. The molecule has 0 bridgehead atoms. The molecule has 0 aliphatic heterocycles. The van der Waals surface area contributed by atoms with Crippen LogP contribution in [0.3, 0.4) is 0 Å². The predicted molar refractivity (Wildman–Crippen MR) is 79.0 cm³/mol. The van der Waals surface area contributed by atoms with Crippen LogP contribution in [0.2, 0.25) is 0 Å². The molecule has 0 unspecified atom stereocenters. The summed E-state index contributed by atoms with van der Waals surface area (Å²) in [4.78, 5) is 1.11. The van der Waals surface area contributed by atoms with Crippen molar-refractivity contribution in [2.45, 2.75) is 56.3 Å². The fraction of sp³-hybridized carbons (Fsp3) is 0.692. The summed E-state index contributed by atoms with van der Waals surface area (Å²) in [6.45, 7) is 5.80. The Hall–Kier alpha value is -0.430. The van der Waals surface area contributed by atoms with E-state index in [1.165, 1.54) is 11.3 Å². The molecule has 1 saturated carbocycles. The average molecular weight is 302 g/mol. The van der Waals surface area contributed by atoms with Gasteiger partial charge in [0.2, 0.25) is 10.0 Å². The number of sulfonamides is 1. The third kappa shape index (κ3) is 3.78. The lowest BCUT2D eigenvalue weighted by Crippen LogP contribution is -2.39. The summed E-state index contributed by atoms with van der Waals surface area (Å²) in [6, 6.07) is 1.93. The first-order valence-electron chi connectivity index (χ1n) is 6.85. The minimum absolute atomic E-state index is 0.147. The van der Waals surface area contributed by atoms with Crippen molar-refractivity contribution >= 4 is 21.4 Å². The molecule has 2 N–H and O–H groups in total. The van der Waals surface area contributed by atoms with Gasteiger partial charge in [-0.2, -0.15) is 0 Å². The van der Waals surface area contributed by atoms with E-state index in [2.05, 4.69) is 17.0 Å². The summed E-state index contributed by atoms with van der Waals surface area (Å²) in [5, 5.41) is 3.32. The first-order chi connectivity index (χ1) is 9.03. The maximum absolute atomic E-state index is 12.2.